The minimum absolute atomic E-state index is 0.0517. The zero-order valence-electron chi connectivity index (χ0n) is 13.1. The summed E-state index contributed by atoms with van der Waals surface area (Å²) < 4.78 is 34.7. The van der Waals surface area contributed by atoms with Gasteiger partial charge in [0.1, 0.15) is 4.90 Å². The predicted octanol–water partition coefficient (Wildman–Crippen LogP) is 1.78. The van der Waals surface area contributed by atoms with Crippen molar-refractivity contribution in [3.63, 3.8) is 0 Å². The second kappa shape index (κ2) is 6.82. The van der Waals surface area contributed by atoms with Crippen LogP contribution in [0.15, 0.2) is 47.6 Å². The van der Waals surface area contributed by atoms with E-state index in [0.29, 0.717) is 13.2 Å². The standard InChI is InChI=1S/C16H21N3O3S/c1-13(16-8-5-9-22-16)18-23(20,21)15-10-17-19(12-15)11-14-6-3-2-4-7-14/h2-4,6-7,10,12-13,16,18H,5,8-9,11H2,1H3. The molecule has 1 N–H and O–H groups in total. The number of rotatable bonds is 6. The molecule has 1 saturated heterocycles. The van der Waals surface area contributed by atoms with Crippen molar-refractivity contribution >= 4 is 10.0 Å². The average Bonchev–Trinajstić information content (AvgIpc) is 3.19. The van der Waals surface area contributed by atoms with E-state index < -0.39 is 10.0 Å². The summed E-state index contributed by atoms with van der Waals surface area (Å²) in [6.07, 6.45) is 4.75. The van der Waals surface area contributed by atoms with Gasteiger partial charge in [-0.2, -0.15) is 5.10 Å². The second-order valence-electron chi connectivity index (χ2n) is 5.82. The van der Waals surface area contributed by atoms with Crippen LogP contribution in [0.25, 0.3) is 0 Å². The predicted molar refractivity (Wildman–Crippen MR) is 86.5 cm³/mol. The average molecular weight is 335 g/mol. The number of hydrogen-bond donors (Lipinski definition) is 1. The van der Waals surface area contributed by atoms with E-state index in [-0.39, 0.29) is 17.0 Å². The zero-order valence-corrected chi connectivity index (χ0v) is 13.9. The Labute approximate surface area is 136 Å². The molecule has 124 valence electrons. The van der Waals surface area contributed by atoms with Gasteiger partial charge in [-0.15, -0.1) is 0 Å². The van der Waals surface area contributed by atoms with Crippen molar-refractivity contribution in [2.45, 2.75) is 43.4 Å². The fourth-order valence-corrected chi connectivity index (χ4v) is 3.95. The van der Waals surface area contributed by atoms with Crippen molar-refractivity contribution < 1.29 is 13.2 Å². The van der Waals surface area contributed by atoms with E-state index in [0.717, 1.165) is 18.4 Å². The van der Waals surface area contributed by atoms with Crippen molar-refractivity contribution in [1.82, 2.24) is 14.5 Å². The molecule has 1 fully saturated rings. The Bertz CT molecular complexity index is 737. The lowest BCUT2D eigenvalue weighted by Crippen LogP contribution is -2.40. The summed E-state index contributed by atoms with van der Waals surface area (Å²) in [5.41, 5.74) is 1.07. The van der Waals surface area contributed by atoms with E-state index in [1.807, 2.05) is 37.3 Å². The monoisotopic (exact) mass is 335 g/mol. The number of benzene rings is 1. The Morgan fingerprint density at radius 3 is 2.87 bits per heavy atom. The zero-order chi connectivity index (χ0) is 16.3. The highest BCUT2D eigenvalue weighted by Crippen LogP contribution is 2.17. The molecule has 23 heavy (non-hydrogen) atoms. The highest BCUT2D eigenvalue weighted by Gasteiger charge is 2.27. The van der Waals surface area contributed by atoms with Crippen LogP contribution in [0, 0.1) is 0 Å². The topological polar surface area (TPSA) is 73.2 Å². The molecule has 7 heteroatoms. The maximum Gasteiger partial charge on any atom is 0.244 e. The Kier molecular flexibility index (Phi) is 4.79. The van der Waals surface area contributed by atoms with Gasteiger partial charge in [0.2, 0.25) is 10.0 Å². The molecule has 1 aliphatic heterocycles. The molecule has 0 spiro atoms. The number of nitrogens with one attached hydrogen (secondary N) is 1. The number of hydrogen-bond acceptors (Lipinski definition) is 4. The SMILES string of the molecule is CC(NS(=O)(=O)c1cnn(Cc2ccccc2)c1)C1CCCO1. The van der Waals surface area contributed by atoms with Gasteiger partial charge in [0.05, 0.1) is 18.8 Å². The number of ether oxygens (including phenoxy) is 1. The van der Waals surface area contributed by atoms with Crippen LogP contribution in [-0.4, -0.2) is 37.0 Å². The summed E-state index contributed by atoms with van der Waals surface area (Å²) >= 11 is 0. The van der Waals surface area contributed by atoms with Gasteiger partial charge in [0.15, 0.2) is 0 Å². The first-order chi connectivity index (χ1) is 11.0. The molecule has 1 aromatic heterocycles. The molecule has 6 nitrogen and oxygen atoms in total. The molecule has 3 rings (SSSR count). The van der Waals surface area contributed by atoms with E-state index in [1.54, 1.807) is 10.9 Å². The van der Waals surface area contributed by atoms with Gasteiger partial charge in [0.25, 0.3) is 0 Å². The fraction of sp³-hybridized carbons (Fsp3) is 0.438. The Hall–Kier alpha value is -1.70. The van der Waals surface area contributed by atoms with Gasteiger partial charge in [0, 0.05) is 18.8 Å². The van der Waals surface area contributed by atoms with Gasteiger partial charge < -0.3 is 4.74 Å². The Morgan fingerprint density at radius 2 is 2.17 bits per heavy atom. The minimum Gasteiger partial charge on any atom is -0.377 e. The van der Waals surface area contributed by atoms with E-state index in [2.05, 4.69) is 9.82 Å². The van der Waals surface area contributed by atoms with E-state index in [4.69, 9.17) is 4.74 Å². The minimum atomic E-state index is -3.58. The largest absolute Gasteiger partial charge is 0.377 e. The highest BCUT2D eigenvalue weighted by atomic mass is 32.2. The number of aromatic nitrogens is 2. The molecule has 0 aliphatic carbocycles. The number of sulfonamides is 1. The van der Waals surface area contributed by atoms with Crippen molar-refractivity contribution in [2.24, 2.45) is 0 Å². The van der Waals surface area contributed by atoms with Crippen molar-refractivity contribution in [1.29, 1.82) is 0 Å². The third kappa shape index (κ3) is 3.99. The summed E-state index contributed by atoms with van der Waals surface area (Å²) in [4.78, 5) is 0.179. The molecule has 0 bridgehead atoms. The maximum absolute atomic E-state index is 12.4. The van der Waals surface area contributed by atoms with Crippen LogP contribution in [0.4, 0.5) is 0 Å². The molecule has 2 unspecified atom stereocenters. The van der Waals surface area contributed by atoms with E-state index in [9.17, 15) is 8.42 Å². The fourth-order valence-electron chi connectivity index (χ4n) is 2.73. The molecular weight excluding hydrogens is 314 g/mol. The molecule has 1 aliphatic rings. The Morgan fingerprint density at radius 1 is 1.39 bits per heavy atom. The first-order valence-electron chi connectivity index (χ1n) is 7.75. The third-order valence-corrected chi connectivity index (χ3v) is 5.48. The van der Waals surface area contributed by atoms with Crippen LogP contribution in [0.1, 0.15) is 25.3 Å². The first kappa shape index (κ1) is 16.2. The first-order valence-corrected chi connectivity index (χ1v) is 9.23. The molecule has 1 aromatic carbocycles. The van der Waals surface area contributed by atoms with Gasteiger partial charge in [-0.3, -0.25) is 4.68 Å². The summed E-state index contributed by atoms with van der Waals surface area (Å²) in [6, 6.07) is 9.54. The van der Waals surface area contributed by atoms with Gasteiger partial charge >= 0.3 is 0 Å². The van der Waals surface area contributed by atoms with Gasteiger partial charge in [-0.25, -0.2) is 13.1 Å². The van der Waals surface area contributed by atoms with Crippen molar-refractivity contribution in [3.05, 3.63) is 48.3 Å². The lowest BCUT2D eigenvalue weighted by molar-refractivity contribution is 0.0902. The summed E-state index contributed by atoms with van der Waals surface area (Å²) in [6.45, 7) is 3.07. The second-order valence-corrected chi connectivity index (χ2v) is 7.53. The van der Waals surface area contributed by atoms with Crippen LogP contribution in [-0.2, 0) is 21.3 Å². The molecule has 2 aromatic rings. The maximum atomic E-state index is 12.4. The molecular formula is C16H21N3O3S. The lowest BCUT2D eigenvalue weighted by atomic mass is 10.1. The van der Waals surface area contributed by atoms with Gasteiger partial charge in [-0.1, -0.05) is 30.3 Å². The molecule has 2 heterocycles. The highest BCUT2D eigenvalue weighted by molar-refractivity contribution is 7.89. The quantitative estimate of drug-likeness (QED) is 0.873. The Balaban J connectivity index is 1.68. The van der Waals surface area contributed by atoms with E-state index in [1.165, 1.54) is 6.20 Å². The summed E-state index contributed by atoms with van der Waals surface area (Å²) in [5.74, 6) is 0. The smallest absolute Gasteiger partial charge is 0.244 e. The van der Waals surface area contributed by atoms with Crippen LogP contribution in [0.3, 0.4) is 0 Å². The van der Waals surface area contributed by atoms with Crippen LogP contribution in [0.5, 0.6) is 0 Å². The normalized spacial score (nSPS) is 19.8. The van der Waals surface area contributed by atoms with Crippen LogP contribution < -0.4 is 4.72 Å². The number of nitrogens with zero attached hydrogens (tertiary/aromatic N) is 2. The van der Waals surface area contributed by atoms with Crippen molar-refractivity contribution in [2.75, 3.05) is 6.61 Å². The lowest BCUT2D eigenvalue weighted by Gasteiger charge is -2.19. The van der Waals surface area contributed by atoms with Crippen LogP contribution in [0.2, 0.25) is 0 Å². The van der Waals surface area contributed by atoms with E-state index >= 15 is 0 Å². The molecule has 0 saturated carbocycles. The van der Waals surface area contributed by atoms with Crippen molar-refractivity contribution in [3.8, 4) is 0 Å². The summed E-state index contributed by atoms with van der Waals surface area (Å²) in [5, 5.41) is 4.15. The van der Waals surface area contributed by atoms with Gasteiger partial charge in [-0.05, 0) is 25.3 Å². The molecule has 2 atom stereocenters. The molecule has 0 amide bonds. The summed E-state index contributed by atoms with van der Waals surface area (Å²) in [7, 11) is -3.58. The third-order valence-electron chi connectivity index (χ3n) is 3.97. The van der Waals surface area contributed by atoms with Crippen LogP contribution >= 0.6 is 0 Å². The molecule has 0 radical (unpaired) electrons.